The third kappa shape index (κ3) is 3.45. The van der Waals surface area contributed by atoms with Gasteiger partial charge in [0.25, 0.3) is 0 Å². The van der Waals surface area contributed by atoms with E-state index in [1.54, 1.807) is 45.0 Å². The van der Waals surface area contributed by atoms with Gasteiger partial charge in [0.1, 0.15) is 5.60 Å². The number of fused-ring (bicyclic) bond motifs is 2. The normalized spacial score (nSPS) is 22.7. The molecule has 0 aromatic heterocycles. The van der Waals surface area contributed by atoms with Crippen molar-refractivity contribution in [2.45, 2.75) is 44.2 Å². The molecule has 0 saturated carbocycles. The maximum absolute atomic E-state index is 13.4. The number of nitrogens with one attached hydrogen (secondary N) is 1. The summed E-state index contributed by atoms with van der Waals surface area (Å²) in [5.74, 6) is -0.449. The lowest BCUT2D eigenvalue weighted by Gasteiger charge is -2.28. The molecule has 7 heteroatoms. The van der Waals surface area contributed by atoms with Crippen LogP contribution in [0.3, 0.4) is 0 Å². The van der Waals surface area contributed by atoms with Gasteiger partial charge in [0.2, 0.25) is 5.91 Å². The Balaban J connectivity index is 1.74. The van der Waals surface area contributed by atoms with Crippen LogP contribution < -0.4 is 5.32 Å². The minimum absolute atomic E-state index is 0.0781. The number of ether oxygens (including phenoxy) is 1. The largest absolute Gasteiger partial charge is 0.444 e. The summed E-state index contributed by atoms with van der Waals surface area (Å²) in [7, 11) is 0. The fourth-order valence-corrected chi connectivity index (χ4v) is 4.32. The van der Waals surface area contributed by atoms with E-state index in [2.05, 4.69) is 5.32 Å². The van der Waals surface area contributed by atoms with Gasteiger partial charge in [-0.25, -0.2) is 4.79 Å². The second-order valence-electron chi connectivity index (χ2n) is 8.78. The Morgan fingerprint density at radius 3 is 2.47 bits per heavy atom. The molecule has 0 aliphatic carbocycles. The highest BCUT2D eigenvalue weighted by Gasteiger charge is 2.58. The number of carbonyl (C=O) groups is 3. The highest BCUT2D eigenvalue weighted by Crippen LogP contribution is 2.47. The summed E-state index contributed by atoms with van der Waals surface area (Å²) >= 11 is 5.95. The molecule has 0 bridgehead atoms. The van der Waals surface area contributed by atoms with Crippen molar-refractivity contribution in [1.29, 1.82) is 0 Å². The summed E-state index contributed by atoms with van der Waals surface area (Å²) in [5.41, 5.74) is 0.236. The van der Waals surface area contributed by atoms with Crippen LogP contribution in [-0.4, -0.2) is 40.9 Å². The van der Waals surface area contributed by atoms with E-state index in [4.69, 9.17) is 16.3 Å². The van der Waals surface area contributed by atoms with E-state index in [9.17, 15) is 14.4 Å². The molecule has 4 rings (SSSR count). The van der Waals surface area contributed by atoms with Crippen LogP contribution in [0.2, 0.25) is 5.02 Å². The van der Waals surface area contributed by atoms with Gasteiger partial charge in [-0.2, -0.15) is 0 Å². The number of rotatable bonds is 2. The summed E-state index contributed by atoms with van der Waals surface area (Å²) in [5, 5.41) is 3.41. The first-order chi connectivity index (χ1) is 14.1. The van der Waals surface area contributed by atoms with Crippen molar-refractivity contribution in [2.75, 3.05) is 11.9 Å². The first-order valence-electron chi connectivity index (χ1n) is 9.81. The van der Waals surface area contributed by atoms with Gasteiger partial charge in [-0.15, -0.1) is 0 Å². The second kappa shape index (κ2) is 7.13. The Labute approximate surface area is 180 Å². The molecule has 1 saturated heterocycles. The number of likely N-dealkylation sites (tertiary alicyclic amines) is 1. The lowest BCUT2D eigenvalue weighted by Crippen LogP contribution is -2.44. The number of anilines is 1. The van der Waals surface area contributed by atoms with E-state index in [-0.39, 0.29) is 24.7 Å². The highest BCUT2D eigenvalue weighted by molar-refractivity contribution is 6.30. The minimum Gasteiger partial charge on any atom is -0.444 e. The van der Waals surface area contributed by atoms with Gasteiger partial charge in [0.15, 0.2) is 5.78 Å². The summed E-state index contributed by atoms with van der Waals surface area (Å²) in [6.07, 6.45) is -0.417. The van der Waals surface area contributed by atoms with Crippen LogP contribution in [0.1, 0.15) is 43.1 Å². The van der Waals surface area contributed by atoms with Crippen LogP contribution in [0.25, 0.3) is 0 Å². The number of carbonyl (C=O) groups excluding carboxylic acids is 3. The van der Waals surface area contributed by atoms with E-state index in [1.165, 1.54) is 4.90 Å². The van der Waals surface area contributed by atoms with E-state index in [0.29, 0.717) is 16.3 Å². The number of benzene rings is 2. The Kier molecular flexibility index (Phi) is 4.85. The van der Waals surface area contributed by atoms with E-state index >= 15 is 0 Å². The standard InChI is InChI=1S/C23H23ClN2O4/c1-22(2,3)30-21(29)26-13-23(16-6-4-5-7-17(16)25-20(23)28)12-18(26)19(27)14-8-10-15(24)11-9-14/h4-11,18H,12-13H2,1-3H3,(H,25,28). The van der Waals surface area contributed by atoms with Crippen LogP contribution in [0.4, 0.5) is 10.5 Å². The molecule has 156 valence electrons. The molecule has 2 aliphatic rings. The number of ketones is 1. The Morgan fingerprint density at radius 1 is 1.13 bits per heavy atom. The van der Waals surface area contributed by atoms with Crippen LogP contribution >= 0.6 is 11.6 Å². The first kappa shape index (κ1) is 20.4. The van der Waals surface area contributed by atoms with E-state index < -0.39 is 23.2 Å². The molecule has 1 N–H and O–H groups in total. The van der Waals surface area contributed by atoms with Crippen molar-refractivity contribution in [2.24, 2.45) is 0 Å². The zero-order valence-corrected chi connectivity index (χ0v) is 17.8. The number of hydrogen-bond donors (Lipinski definition) is 1. The molecule has 30 heavy (non-hydrogen) atoms. The van der Waals surface area contributed by atoms with Crippen molar-refractivity contribution in [3.05, 3.63) is 64.7 Å². The Hall–Kier alpha value is -2.86. The van der Waals surface area contributed by atoms with Crippen LogP contribution in [0.15, 0.2) is 48.5 Å². The molecule has 2 aliphatic heterocycles. The monoisotopic (exact) mass is 426 g/mol. The van der Waals surface area contributed by atoms with Crippen molar-refractivity contribution in [1.82, 2.24) is 4.90 Å². The smallest absolute Gasteiger partial charge is 0.410 e. The molecule has 2 heterocycles. The van der Waals surface area contributed by atoms with Gasteiger partial charge in [-0.1, -0.05) is 29.8 Å². The van der Waals surface area contributed by atoms with Gasteiger partial charge < -0.3 is 10.1 Å². The van der Waals surface area contributed by atoms with Crippen molar-refractivity contribution in [3.63, 3.8) is 0 Å². The Bertz CT molecular complexity index is 1030. The highest BCUT2D eigenvalue weighted by atomic mass is 35.5. The quantitative estimate of drug-likeness (QED) is 0.721. The zero-order valence-electron chi connectivity index (χ0n) is 17.1. The summed E-state index contributed by atoms with van der Waals surface area (Å²) in [4.78, 5) is 40.8. The number of amides is 2. The lowest BCUT2D eigenvalue weighted by atomic mass is 9.79. The maximum atomic E-state index is 13.4. The topological polar surface area (TPSA) is 75.7 Å². The first-order valence-corrected chi connectivity index (χ1v) is 10.2. The molecule has 6 nitrogen and oxygen atoms in total. The molecule has 0 radical (unpaired) electrons. The molecule has 2 amide bonds. The third-order valence-corrected chi connectivity index (χ3v) is 5.80. The summed E-state index contributed by atoms with van der Waals surface area (Å²) in [6, 6.07) is 13.1. The van der Waals surface area contributed by atoms with Gasteiger partial charge in [0.05, 0.1) is 11.5 Å². The van der Waals surface area contributed by atoms with Gasteiger partial charge >= 0.3 is 6.09 Å². The SMILES string of the molecule is CC(C)(C)OC(=O)N1CC2(CC1C(=O)c1ccc(Cl)cc1)C(=O)Nc1ccccc12. The number of halogens is 1. The summed E-state index contributed by atoms with van der Waals surface area (Å²) < 4.78 is 5.56. The van der Waals surface area contributed by atoms with Crippen LogP contribution in [-0.2, 0) is 14.9 Å². The fourth-order valence-electron chi connectivity index (χ4n) is 4.19. The van der Waals surface area contributed by atoms with Crippen molar-refractivity contribution < 1.29 is 19.1 Å². The predicted octanol–water partition coefficient (Wildman–Crippen LogP) is 4.42. The van der Waals surface area contributed by atoms with Gasteiger partial charge in [0, 0.05) is 22.8 Å². The molecule has 2 aromatic rings. The molecule has 1 fully saturated rings. The lowest BCUT2D eigenvalue weighted by molar-refractivity contribution is -0.120. The third-order valence-electron chi connectivity index (χ3n) is 5.54. The molecule has 1 spiro atoms. The molecular weight excluding hydrogens is 404 g/mol. The average molecular weight is 427 g/mol. The molecule has 2 unspecified atom stereocenters. The molecular formula is C23H23ClN2O4. The summed E-state index contributed by atoms with van der Waals surface area (Å²) in [6.45, 7) is 5.38. The second-order valence-corrected chi connectivity index (χ2v) is 9.22. The fraction of sp³-hybridized carbons (Fsp3) is 0.348. The Morgan fingerprint density at radius 2 is 1.80 bits per heavy atom. The van der Waals surface area contributed by atoms with Gasteiger partial charge in [-0.3, -0.25) is 14.5 Å². The number of hydrogen-bond acceptors (Lipinski definition) is 4. The van der Waals surface area contributed by atoms with Crippen molar-refractivity contribution in [3.8, 4) is 0 Å². The number of para-hydroxylation sites is 1. The van der Waals surface area contributed by atoms with Crippen LogP contribution in [0, 0.1) is 0 Å². The number of Topliss-reactive ketones (excluding diaryl/α,β-unsaturated/α-hetero) is 1. The minimum atomic E-state index is -0.986. The van der Waals surface area contributed by atoms with Crippen LogP contribution in [0.5, 0.6) is 0 Å². The predicted molar refractivity (Wildman–Crippen MR) is 114 cm³/mol. The molecule has 2 aromatic carbocycles. The van der Waals surface area contributed by atoms with Crippen molar-refractivity contribution >= 4 is 35.1 Å². The van der Waals surface area contributed by atoms with Gasteiger partial charge in [-0.05, 0) is 63.1 Å². The van der Waals surface area contributed by atoms with E-state index in [0.717, 1.165) is 5.56 Å². The van der Waals surface area contributed by atoms with E-state index in [1.807, 2.05) is 24.3 Å². The average Bonchev–Trinajstić information content (AvgIpc) is 3.21. The zero-order chi connectivity index (χ0) is 21.7. The number of nitrogens with zero attached hydrogens (tertiary/aromatic N) is 1. The molecule has 2 atom stereocenters. The maximum Gasteiger partial charge on any atom is 0.410 e.